The number of carbonyl (C=O) groups is 1. The summed E-state index contributed by atoms with van der Waals surface area (Å²) in [5, 5.41) is 32.6. The van der Waals surface area contributed by atoms with Gasteiger partial charge in [-0.25, -0.2) is 0 Å². The average molecular weight is 481 g/mol. The second-order valence-electron chi connectivity index (χ2n) is 8.10. The minimum absolute atomic E-state index is 0.0206. The Kier molecular flexibility index (Phi) is 8.14. The summed E-state index contributed by atoms with van der Waals surface area (Å²) >= 11 is 0. The molecule has 8 nitrogen and oxygen atoms in total. The first-order valence-electron chi connectivity index (χ1n) is 11.4. The van der Waals surface area contributed by atoms with Crippen molar-refractivity contribution in [1.29, 1.82) is 5.26 Å². The van der Waals surface area contributed by atoms with E-state index in [-0.39, 0.29) is 25.4 Å². The van der Waals surface area contributed by atoms with E-state index in [0.717, 1.165) is 16.5 Å². The van der Waals surface area contributed by atoms with Gasteiger partial charge in [-0.2, -0.15) is 5.26 Å². The van der Waals surface area contributed by atoms with E-state index in [1.807, 2.05) is 36.4 Å². The first-order valence-corrected chi connectivity index (χ1v) is 11.4. The number of hydrogen-bond acceptors (Lipinski definition) is 7. The van der Waals surface area contributed by atoms with Crippen LogP contribution in [-0.4, -0.2) is 40.6 Å². The van der Waals surface area contributed by atoms with Crippen LogP contribution in [0.1, 0.15) is 23.2 Å². The van der Waals surface area contributed by atoms with Gasteiger partial charge in [-0.15, -0.1) is 0 Å². The molecule has 9 heteroatoms. The molecular formula is C27H24BN3O5. The van der Waals surface area contributed by atoms with E-state index in [4.69, 9.17) is 9.15 Å². The molecule has 3 N–H and O–H groups in total. The van der Waals surface area contributed by atoms with Crippen molar-refractivity contribution in [3.05, 3.63) is 96.0 Å². The lowest BCUT2D eigenvalue weighted by Crippen LogP contribution is -2.48. The zero-order valence-electron chi connectivity index (χ0n) is 19.4. The molecule has 0 unspecified atom stereocenters. The Balaban J connectivity index is 1.33. The van der Waals surface area contributed by atoms with Gasteiger partial charge in [0.1, 0.15) is 17.4 Å². The number of benzene rings is 2. The fourth-order valence-electron chi connectivity index (χ4n) is 3.75. The Morgan fingerprint density at radius 1 is 1.17 bits per heavy atom. The molecule has 36 heavy (non-hydrogen) atoms. The number of allylic oxidation sites excluding steroid dienone is 1. The van der Waals surface area contributed by atoms with Gasteiger partial charge in [-0.3, -0.25) is 9.78 Å². The van der Waals surface area contributed by atoms with Gasteiger partial charge in [0.25, 0.3) is 0 Å². The molecule has 2 aromatic heterocycles. The van der Waals surface area contributed by atoms with Crippen molar-refractivity contribution in [1.82, 2.24) is 10.3 Å². The lowest BCUT2D eigenvalue weighted by Gasteiger charge is -2.17. The summed E-state index contributed by atoms with van der Waals surface area (Å²) in [5.74, 6) is -0.736. The topological polar surface area (TPSA) is 129 Å². The third-order valence-corrected chi connectivity index (χ3v) is 5.54. The van der Waals surface area contributed by atoms with Crippen LogP contribution in [0.3, 0.4) is 0 Å². The minimum Gasteiger partial charge on any atom is -0.493 e. The monoisotopic (exact) mass is 481 g/mol. The van der Waals surface area contributed by atoms with Crippen LogP contribution in [0.2, 0.25) is 0 Å². The summed E-state index contributed by atoms with van der Waals surface area (Å²) in [7, 11) is -1.74. The van der Waals surface area contributed by atoms with E-state index in [1.54, 1.807) is 48.9 Å². The molecule has 0 radical (unpaired) electrons. The Bertz CT molecular complexity index is 1400. The smallest absolute Gasteiger partial charge is 0.475 e. The minimum atomic E-state index is -1.74. The molecular weight excluding hydrogens is 457 g/mol. The molecule has 1 atom stereocenters. The molecule has 0 bridgehead atoms. The Hall–Kier alpha value is -4.39. The van der Waals surface area contributed by atoms with Crippen molar-refractivity contribution in [2.75, 3.05) is 6.61 Å². The summed E-state index contributed by atoms with van der Waals surface area (Å²) in [6.07, 6.45) is 5.12. The van der Waals surface area contributed by atoms with E-state index < -0.39 is 13.1 Å². The molecule has 0 saturated carbocycles. The second-order valence-corrected chi connectivity index (χ2v) is 8.10. The number of nitrogens with zero attached hydrogens (tertiary/aromatic N) is 2. The molecule has 0 aliphatic heterocycles. The molecule has 0 spiro atoms. The number of carbonyl (C=O) groups excluding carboxylic acids is 1. The van der Waals surface area contributed by atoms with E-state index in [2.05, 4.69) is 16.4 Å². The molecule has 0 saturated heterocycles. The lowest BCUT2D eigenvalue weighted by atomic mass is 9.76. The molecule has 0 aliphatic carbocycles. The quantitative estimate of drug-likeness (QED) is 0.234. The van der Waals surface area contributed by atoms with Crippen LogP contribution in [0.15, 0.2) is 83.6 Å². The van der Waals surface area contributed by atoms with Crippen LogP contribution in [-0.2, 0) is 11.2 Å². The van der Waals surface area contributed by atoms with Gasteiger partial charge in [0.2, 0.25) is 5.91 Å². The van der Waals surface area contributed by atoms with Gasteiger partial charge in [-0.1, -0.05) is 36.4 Å². The van der Waals surface area contributed by atoms with Gasteiger partial charge >= 0.3 is 7.12 Å². The fraction of sp³-hybridized carbons (Fsp3) is 0.148. The van der Waals surface area contributed by atoms with Gasteiger partial charge < -0.3 is 24.5 Å². The highest BCUT2D eigenvalue weighted by molar-refractivity contribution is 6.43. The number of furan rings is 1. The van der Waals surface area contributed by atoms with Crippen LogP contribution >= 0.6 is 0 Å². The number of hydrogen-bond donors (Lipinski definition) is 3. The maximum atomic E-state index is 12.5. The number of para-hydroxylation sites is 1. The van der Waals surface area contributed by atoms with Crippen LogP contribution in [0.5, 0.6) is 5.75 Å². The molecule has 4 rings (SSSR count). The van der Waals surface area contributed by atoms with Crippen LogP contribution in [0.4, 0.5) is 0 Å². The summed E-state index contributed by atoms with van der Waals surface area (Å²) in [6.45, 7) is 0.0905. The SMILES string of the molecule is N#CC(=Cc1cccc(OCCC(=O)N[C@@H](Cc2coc3ccccc23)B(O)O)c1)c1ccccn1. The van der Waals surface area contributed by atoms with Crippen molar-refractivity contribution >= 4 is 35.6 Å². The summed E-state index contributed by atoms with van der Waals surface area (Å²) < 4.78 is 11.2. The third kappa shape index (κ3) is 6.39. The van der Waals surface area contributed by atoms with Gasteiger partial charge in [0.05, 0.1) is 36.5 Å². The number of aromatic nitrogens is 1. The first-order chi connectivity index (χ1) is 17.5. The fourth-order valence-corrected chi connectivity index (χ4v) is 3.75. The summed E-state index contributed by atoms with van der Waals surface area (Å²) in [5.41, 5.74) is 3.22. The van der Waals surface area contributed by atoms with E-state index in [9.17, 15) is 20.1 Å². The number of rotatable bonds is 10. The number of fused-ring (bicyclic) bond motifs is 1. The van der Waals surface area contributed by atoms with E-state index >= 15 is 0 Å². The van der Waals surface area contributed by atoms with Crippen molar-refractivity contribution < 1.29 is 24.0 Å². The van der Waals surface area contributed by atoms with Gasteiger partial charge in [0.15, 0.2) is 0 Å². The van der Waals surface area contributed by atoms with Crippen molar-refractivity contribution in [3.8, 4) is 11.8 Å². The highest BCUT2D eigenvalue weighted by atomic mass is 16.5. The molecule has 180 valence electrons. The summed E-state index contributed by atoms with van der Waals surface area (Å²) in [4.78, 5) is 16.7. The zero-order valence-corrected chi connectivity index (χ0v) is 19.4. The predicted molar refractivity (Wildman–Crippen MR) is 136 cm³/mol. The lowest BCUT2D eigenvalue weighted by molar-refractivity contribution is -0.122. The van der Waals surface area contributed by atoms with Crippen molar-refractivity contribution in [3.63, 3.8) is 0 Å². The normalized spacial score (nSPS) is 12.1. The molecule has 0 fully saturated rings. The number of nitriles is 1. The standard InChI is InChI=1S/C27H24BN3O5/c29-17-20(24-9-3-4-12-30-24)14-19-6-5-7-22(15-19)35-13-11-27(32)31-26(28(33)34)16-21-18-36-25-10-2-1-8-23(21)25/h1-10,12,14-15,18,26,33-34H,11,13,16H2,(H,31,32)/t26-/m0/s1. The largest absolute Gasteiger partial charge is 0.493 e. The zero-order chi connectivity index (χ0) is 25.3. The number of pyridine rings is 1. The number of amides is 1. The third-order valence-electron chi connectivity index (χ3n) is 5.54. The van der Waals surface area contributed by atoms with Crippen LogP contribution in [0, 0.1) is 11.3 Å². The Labute approximate surface area is 208 Å². The molecule has 2 aromatic carbocycles. The van der Waals surface area contributed by atoms with Crippen LogP contribution in [0.25, 0.3) is 22.6 Å². The van der Waals surface area contributed by atoms with Gasteiger partial charge in [0, 0.05) is 11.6 Å². The second kappa shape index (κ2) is 11.8. The molecule has 2 heterocycles. The van der Waals surface area contributed by atoms with Gasteiger partial charge in [-0.05, 0) is 54.0 Å². The number of nitrogens with one attached hydrogen (secondary N) is 1. The highest BCUT2D eigenvalue weighted by Crippen LogP contribution is 2.22. The first kappa shape index (κ1) is 24.7. The molecule has 1 amide bonds. The maximum Gasteiger partial charge on any atom is 0.475 e. The van der Waals surface area contributed by atoms with Crippen LogP contribution < -0.4 is 10.1 Å². The molecule has 4 aromatic rings. The Morgan fingerprint density at radius 3 is 2.78 bits per heavy atom. The maximum absolute atomic E-state index is 12.5. The van der Waals surface area contributed by atoms with E-state index in [0.29, 0.717) is 22.6 Å². The number of ether oxygens (including phenoxy) is 1. The predicted octanol–water partition coefficient (Wildman–Crippen LogP) is 3.40. The summed E-state index contributed by atoms with van der Waals surface area (Å²) in [6, 6.07) is 22.1. The molecule has 0 aliphatic rings. The average Bonchev–Trinajstić information content (AvgIpc) is 3.30. The highest BCUT2D eigenvalue weighted by Gasteiger charge is 2.26. The Morgan fingerprint density at radius 2 is 2.00 bits per heavy atom. The van der Waals surface area contributed by atoms with E-state index in [1.165, 1.54) is 0 Å². The van der Waals surface area contributed by atoms with Crippen molar-refractivity contribution in [2.24, 2.45) is 0 Å². The van der Waals surface area contributed by atoms with Crippen molar-refractivity contribution in [2.45, 2.75) is 18.8 Å².